The molecule has 138 valence electrons. The van der Waals surface area contributed by atoms with E-state index >= 15 is 0 Å². The topological polar surface area (TPSA) is 90.0 Å². The number of halogens is 3. The normalized spacial score (nSPS) is 11.2. The molecule has 3 aromatic rings. The molecule has 0 spiro atoms. The number of rotatable bonds is 4. The number of alkyl halides is 3. The number of hydrogen-bond donors (Lipinski definition) is 2. The third-order valence-electron chi connectivity index (χ3n) is 3.74. The molecule has 0 saturated heterocycles. The van der Waals surface area contributed by atoms with Gasteiger partial charge in [0, 0.05) is 23.6 Å². The first-order valence-electron chi connectivity index (χ1n) is 7.68. The first-order valence-corrected chi connectivity index (χ1v) is 7.68. The molecule has 0 unspecified atom stereocenters. The number of anilines is 1. The van der Waals surface area contributed by atoms with E-state index in [1.165, 1.54) is 12.1 Å². The Kier molecular flexibility index (Phi) is 4.68. The summed E-state index contributed by atoms with van der Waals surface area (Å²) in [5.74, 6) is -1.42. The van der Waals surface area contributed by atoms with Crippen molar-refractivity contribution in [2.24, 2.45) is 5.73 Å². The molecule has 2 aromatic heterocycles. The highest BCUT2D eigenvalue weighted by atomic mass is 19.4. The largest absolute Gasteiger partial charge is 0.416 e. The van der Waals surface area contributed by atoms with Crippen LogP contribution in [0.25, 0.3) is 5.69 Å². The van der Waals surface area contributed by atoms with Crippen LogP contribution in [0.5, 0.6) is 0 Å². The molecule has 2 amide bonds. The predicted molar refractivity (Wildman–Crippen MR) is 91.5 cm³/mol. The zero-order chi connectivity index (χ0) is 19.6. The number of primary amides is 1. The summed E-state index contributed by atoms with van der Waals surface area (Å²) in [4.78, 5) is 27.3. The molecule has 0 bridgehead atoms. The van der Waals surface area contributed by atoms with Gasteiger partial charge in [0.1, 0.15) is 11.5 Å². The lowest BCUT2D eigenvalue weighted by Crippen LogP contribution is -2.16. The van der Waals surface area contributed by atoms with E-state index in [2.05, 4.69) is 10.3 Å². The van der Waals surface area contributed by atoms with Crippen LogP contribution in [0.15, 0.2) is 60.9 Å². The maximum Gasteiger partial charge on any atom is 0.416 e. The lowest BCUT2D eigenvalue weighted by molar-refractivity contribution is -0.137. The Morgan fingerprint density at radius 2 is 1.78 bits per heavy atom. The molecule has 0 aliphatic carbocycles. The Balaban J connectivity index is 1.79. The predicted octanol–water partition coefficient (Wildman–Crippen LogP) is 3.24. The quantitative estimate of drug-likeness (QED) is 0.735. The lowest BCUT2D eigenvalue weighted by Gasteiger charge is -2.10. The summed E-state index contributed by atoms with van der Waals surface area (Å²) in [6.45, 7) is 0. The molecule has 3 N–H and O–H groups in total. The Labute approximate surface area is 151 Å². The Hall–Kier alpha value is -3.62. The first kappa shape index (κ1) is 18.2. The molecule has 0 saturated carbocycles. The highest BCUT2D eigenvalue weighted by Crippen LogP contribution is 2.30. The molecule has 6 nitrogen and oxygen atoms in total. The van der Waals surface area contributed by atoms with Gasteiger partial charge in [-0.2, -0.15) is 13.2 Å². The number of nitrogens with one attached hydrogen (secondary N) is 1. The second-order valence-corrected chi connectivity index (χ2v) is 5.56. The van der Waals surface area contributed by atoms with Gasteiger partial charge in [-0.3, -0.25) is 9.59 Å². The van der Waals surface area contributed by atoms with Crippen LogP contribution < -0.4 is 11.1 Å². The molecule has 0 aliphatic rings. The van der Waals surface area contributed by atoms with Crippen LogP contribution in [0.3, 0.4) is 0 Å². The van der Waals surface area contributed by atoms with E-state index in [0.29, 0.717) is 5.69 Å². The van der Waals surface area contributed by atoms with E-state index in [1.807, 2.05) is 0 Å². The van der Waals surface area contributed by atoms with Crippen molar-refractivity contribution in [2.75, 3.05) is 5.32 Å². The van der Waals surface area contributed by atoms with Gasteiger partial charge in [-0.05, 0) is 48.5 Å². The van der Waals surface area contributed by atoms with Crippen LogP contribution in [0.2, 0.25) is 0 Å². The van der Waals surface area contributed by atoms with Gasteiger partial charge in [0.25, 0.3) is 11.8 Å². The minimum Gasteiger partial charge on any atom is -0.364 e. The molecule has 0 atom stereocenters. The van der Waals surface area contributed by atoms with Crippen LogP contribution in [0.4, 0.5) is 19.0 Å². The minimum absolute atomic E-state index is 0.208. The van der Waals surface area contributed by atoms with Crippen LogP contribution >= 0.6 is 0 Å². The summed E-state index contributed by atoms with van der Waals surface area (Å²) in [5.41, 5.74) is 5.48. The van der Waals surface area contributed by atoms with Gasteiger partial charge in [0.05, 0.1) is 5.56 Å². The number of aromatic nitrogens is 2. The lowest BCUT2D eigenvalue weighted by atomic mass is 10.2. The number of nitrogens with two attached hydrogens (primary N) is 1. The van der Waals surface area contributed by atoms with Crippen LogP contribution in [0, 0.1) is 0 Å². The van der Waals surface area contributed by atoms with Gasteiger partial charge in [-0.25, -0.2) is 4.98 Å². The van der Waals surface area contributed by atoms with Gasteiger partial charge in [0.15, 0.2) is 0 Å². The van der Waals surface area contributed by atoms with Gasteiger partial charge in [-0.1, -0.05) is 0 Å². The second-order valence-electron chi connectivity index (χ2n) is 5.56. The number of amides is 2. The van der Waals surface area contributed by atoms with Crippen molar-refractivity contribution in [2.45, 2.75) is 6.18 Å². The Morgan fingerprint density at radius 3 is 2.41 bits per heavy atom. The molecule has 2 heterocycles. The SMILES string of the molecule is NC(=O)c1cccn1-c1ccc(C(=O)Nc2cc(C(F)(F)F)ccn2)cc1. The molecule has 1 aromatic carbocycles. The van der Waals surface area contributed by atoms with E-state index in [4.69, 9.17) is 5.73 Å². The van der Waals surface area contributed by atoms with Gasteiger partial charge >= 0.3 is 6.18 Å². The van der Waals surface area contributed by atoms with Crippen LogP contribution in [-0.2, 0) is 6.18 Å². The van der Waals surface area contributed by atoms with E-state index in [0.717, 1.165) is 18.3 Å². The molecule has 27 heavy (non-hydrogen) atoms. The zero-order valence-corrected chi connectivity index (χ0v) is 13.7. The summed E-state index contributed by atoms with van der Waals surface area (Å²) in [7, 11) is 0. The summed E-state index contributed by atoms with van der Waals surface area (Å²) in [5, 5.41) is 2.32. The highest BCUT2D eigenvalue weighted by Gasteiger charge is 2.30. The Morgan fingerprint density at radius 1 is 1.07 bits per heavy atom. The van der Waals surface area contributed by atoms with Crippen LogP contribution in [0.1, 0.15) is 26.4 Å². The average Bonchev–Trinajstić information content (AvgIpc) is 3.11. The summed E-state index contributed by atoms with van der Waals surface area (Å²) >= 11 is 0. The fourth-order valence-corrected chi connectivity index (χ4v) is 2.44. The first-order chi connectivity index (χ1) is 12.8. The van der Waals surface area contributed by atoms with Crippen molar-refractivity contribution in [3.8, 4) is 5.69 Å². The second kappa shape index (κ2) is 6.94. The molecule has 9 heteroatoms. The average molecular weight is 374 g/mol. The number of pyridine rings is 1. The molecule has 3 rings (SSSR count). The van der Waals surface area contributed by atoms with Crippen molar-refractivity contribution in [1.82, 2.24) is 9.55 Å². The molecule has 0 aliphatic heterocycles. The standard InChI is InChI=1S/C18H13F3N4O2/c19-18(20,21)12-7-8-23-15(10-12)24-17(27)11-3-5-13(6-4-11)25-9-1-2-14(25)16(22)26/h1-10H,(H2,22,26)(H,23,24,27). The van der Waals surface area contributed by atoms with Crippen molar-refractivity contribution in [3.05, 3.63) is 77.7 Å². The molecule has 0 radical (unpaired) electrons. The molecular formula is C18H13F3N4O2. The smallest absolute Gasteiger partial charge is 0.364 e. The third kappa shape index (κ3) is 3.97. The number of carbonyl (C=O) groups is 2. The number of hydrogen-bond acceptors (Lipinski definition) is 3. The van der Waals surface area contributed by atoms with Gasteiger partial charge in [-0.15, -0.1) is 0 Å². The number of benzene rings is 1. The maximum atomic E-state index is 12.7. The summed E-state index contributed by atoms with van der Waals surface area (Å²) in [6, 6.07) is 10.9. The Bertz CT molecular complexity index is 994. The van der Waals surface area contributed by atoms with Gasteiger partial charge in [0.2, 0.25) is 0 Å². The number of nitrogens with zero attached hydrogens (tertiary/aromatic N) is 2. The van der Waals surface area contributed by atoms with E-state index < -0.39 is 23.6 Å². The maximum absolute atomic E-state index is 12.7. The molecule has 0 fully saturated rings. The monoisotopic (exact) mass is 374 g/mol. The number of carbonyl (C=O) groups excluding carboxylic acids is 2. The van der Waals surface area contributed by atoms with E-state index in [-0.39, 0.29) is 17.1 Å². The fourth-order valence-electron chi connectivity index (χ4n) is 2.44. The van der Waals surface area contributed by atoms with E-state index in [9.17, 15) is 22.8 Å². The van der Waals surface area contributed by atoms with Crippen molar-refractivity contribution < 1.29 is 22.8 Å². The highest BCUT2D eigenvalue weighted by molar-refractivity contribution is 6.03. The molecular weight excluding hydrogens is 361 g/mol. The minimum atomic E-state index is -4.53. The zero-order valence-electron chi connectivity index (χ0n) is 13.7. The van der Waals surface area contributed by atoms with E-state index in [1.54, 1.807) is 35.0 Å². The van der Waals surface area contributed by atoms with Gasteiger partial charge < -0.3 is 15.6 Å². The van der Waals surface area contributed by atoms with Crippen molar-refractivity contribution in [1.29, 1.82) is 0 Å². The van der Waals surface area contributed by atoms with Crippen molar-refractivity contribution >= 4 is 17.6 Å². The summed E-state index contributed by atoms with van der Waals surface area (Å²) in [6.07, 6.45) is -1.92. The van der Waals surface area contributed by atoms with Crippen molar-refractivity contribution in [3.63, 3.8) is 0 Å². The summed E-state index contributed by atoms with van der Waals surface area (Å²) < 4.78 is 39.7. The van der Waals surface area contributed by atoms with Crippen LogP contribution in [-0.4, -0.2) is 21.4 Å². The third-order valence-corrected chi connectivity index (χ3v) is 3.74. The fraction of sp³-hybridized carbons (Fsp3) is 0.0556.